The van der Waals surface area contributed by atoms with Gasteiger partial charge in [0.2, 0.25) is 5.91 Å². The summed E-state index contributed by atoms with van der Waals surface area (Å²) < 4.78 is 11.1. The molecule has 0 atom stereocenters. The van der Waals surface area contributed by atoms with E-state index >= 15 is 0 Å². The maximum atomic E-state index is 12.5. The molecule has 160 valence electrons. The molecule has 4 rings (SSSR count). The van der Waals surface area contributed by atoms with Crippen LogP contribution in [0.25, 0.3) is 10.9 Å². The fourth-order valence-electron chi connectivity index (χ4n) is 3.61. The average molecular weight is 440 g/mol. The van der Waals surface area contributed by atoms with Gasteiger partial charge in [0.05, 0.1) is 17.8 Å². The summed E-state index contributed by atoms with van der Waals surface area (Å²) in [7, 11) is 1.56. The summed E-state index contributed by atoms with van der Waals surface area (Å²) in [5, 5.41) is 4.14. The lowest BCUT2D eigenvalue weighted by atomic mass is 10.1. The highest BCUT2D eigenvalue weighted by atomic mass is 35.5. The number of nitrogens with zero attached hydrogens (tertiary/aromatic N) is 2. The van der Waals surface area contributed by atoms with Gasteiger partial charge < -0.3 is 19.7 Å². The Morgan fingerprint density at radius 2 is 2.03 bits per heavy atom. The molecule has 1 fully saturated rings. The van der Waals surface area contributed by atoms with Crippen LogP contribution in [0.2, 0.25) is 5.02 Å². The van der Waals surface area contributed by atoms with Gasteiger partial charge in [0.1, 0.15) is 17.0 Å². The van der Waals surface area contributed by atoms with E-state index in [9.17, 15) is 9.59 Å². The monoisotopic (exact) mass is 439 g/mol. The predicted octanol–water partition coefficient (Wildman–Crippen LogP) is 4.43. The molecule has 0 spiro atoms. The molecule has 3 aromatic rings. The molecule has 0 saturated carbocycles. The molecule has 0 unspecified atom stereocenters. The van der Waals surface area contributed by atoms with E-state index in [1.54, 1.807) is 54.6 Å². The van der Waals surface area contributed by atoms with Crippen LogP contribution in [0.4, 0.5) is 11.4 Å². The number of ether oxygens (including phenoxy) is 2. The van der Waals surface area contributed by atoms with Crippen molar-refractivity contribution in [2.45, 2.75) is 19.3 Å². The van der Waals surface area contributed by atoms with Crippen molar-refractivity contribution >= 4 is 45.7 Å². The summed E-state index contributed by atoms with van der Waals surface area (Å²) in [5.74, 6) is 0.784. The third-order valence-electron chi connectivity index (χ3n) is 5.12. The molecule has 31 heavy (non-hydrogen) atoms. The molecule has 1 aromatic heterocycles. The van der Waals surface area contributed by atoms with Gasteiger partial charge in [0, 0.05) is 30.2 Å². The Hall–Kier alpha value is -3.32. The number of anilines is 2. The van der Waals surface area contributed by atoms with E-state index < -0.39 is 0 Å². The van der Waals surface area contributed by atoms with E-state index in [1.807, 2.05) is 6.07 Å². The van der Waals surface area contributed by atoms with Crippen LogP contribution in [0.5, 0.6) is 11.5 Å². The number of fused-ring (bicyclic) bond motifs is 1. The fraction of sp³-hybridized carbons (Fsp3) is 0.261. The number of aromatic nitrogens is 1. The zero-order chi connectivity index (χ0) is 21.8. The molecule has 0 bridgehead atoms. The molecule has 0 aliphatic carbocycles. The van der Waals surface area contributed by atoms with E-state index in [2.05, 4.69) is 10.3 Å². The SMILES string of the molecule is COc1ccc(NC(=O)COc2ccc(Cl)c3cccnc23)cc1N1CCCCC1=O. The molecule has 8 heteroatoms. The summed E-state index contributed by atoms with van der Waals surface area (Å²) in [6.07, 6.45) is 3.98. The number of piperidine rings is 1. The fourth-order valence-corrected chi connectivity index (χ4v) is 3.82. The van der Waals surface area contributed by atoms with Gasteiger partial charge in [0.15, 0.2) is 6.61 Å². The Kier molecular flexibility index (Phi) is 6.23. The first kappa shape index (κ1) is 20.9. The molecule has 0 radical (unpaired) electrons. The largest absolute Gasteiger partial charge is 0.495 e. The molecular formula is C23H22ClN3O4. The Bertz CT molecular complexity index is 1140. The highest BCUT2D eigenvalue weighted by Gasteiger charge is 2.23. The summed E-state index contributed by atoms with van der Waals surface area (Å²) in [5.41, 5.74) is 1.80. The van der Waals surface area contributed by atoms with Gasteiger partial charge in [-0.1, -0.05) is 11.6 Å². The van der Waals surface area contributed by atoms with E-state index in [-0.39, 0.29) is 18.4 Å². The van der Waals surface area contributed by atoms with Crippen LogP contribution < -0.4 is 19.7 Å². The zero-order valence-electron chi connectivity index (χ0n) is 17.1. The number of nitrogens with one attached hydrogen (secondary N) is 1. The quantitative estimate of drug-likeness (QED) is 0.614. The summed E-state index contributed by atoms with van der Waals surface area (Å²) in [6.45, 7) is 0.434. The highest BCUT2D eigenvalue weighted by Crippen LogP contribution is 2.34. The third-order valence-corrected chi connectivity index (χ3v) is 5.44. The number of methoxy groups -OCH3 is 1. The molecular weight excluding hydrogens is 418 g/mol. The van der Waals surface area contributed by atoms with Crippen LogP contribution in [0.15, 0.2) is 48.7 Å². The standard InChI is InChI=1S/C23H22ClN3O4/c1-30-19-9-7-15(13-18(19)27-12-3-2-6-22(27)29)26-21(28)14-31-20-10-8-17(24)16-5-4-11-25-23(16)20/h4-5,7-11,13H,2-3,6,12,14H2,1H3,(H,26,28). The van der Waals surface area contributed by atoms with Crippen molar-refractivity contribution in [1.82, 2.24) is 4.98 Å². The second-order valence-corrected chi connectivity index (χ2v) is 7.58. The molecule has 2 aromatic carbocycles. The van der Waals surface area contributed by atoms with Crippen molar-refractivity contribution in [2.75, 3.05) is 30.5 Å². The normalized spacial score (nSPS) is 13.9. The number of benzene rings is 2. The number of carbonyl (C=O) groups excluding carboxylic acids is 2. The van der Waals surface area contributed by atoms with Gasteiger partial charge in [-0.2, -0.15) is 0 Å². The molecule has 1 N–H and O–H groups in total. The van der Waals surface area contributed by atoms with Crippen molar-refractivity contribution in [3.05, 3.63) is 53.7 Å². The van der Waals surface area contributed by atoms with E-state index in [4.69, 9.17) is 21.1 Å². The highest BCUT2D eigenvalue weighted by molar-refractivity contribution is 6.35. The number of rotatable bonds is 6. The van der Waals surface area contributed by atoms with Gasteiger partial charge >= 0.3 is 0 Å². The lowest BCUT2D eigenvalue weighted by Crippen LogP contribution is -2.35. The van der Waals surface area contributed by atoms with Crippen molar-refractivity contribution in [3.8, 4) is 11.5 Å². The van der Waals surface area contributed by atoms with Crippen LogP contribution in [0.3, 0.4) is 0 Å². The minimum Gasteiger partial charge on any atom is -0.495 e. The molecule has 2 amide bonds. The van der Waals surface area contributed by atoms with Crippen molar-refractivity contribution in [3.63, 3.8) is 0 Å². The van der Waals surface area contributed by atoms with Crippen LogP contribution in [-0.4, -0.2) is 37.1 Å². The van der Waals surface area contributed by atoms with Gasteiger partial charge in [-0.05, 0) is 55.3 Å². The minimum atomic E-state index is -0.333. The number of amides is 2. The Balaban J connectivity index is 1.47. The number of carbonyl (C=O) groups is 2. The molecule has 7 nitrogen and oxygen atoms in total. The Labute approximate surface area is 184 Å². The summed E-state index contributed by atoms with van der Waals surface area (Å²) >= 11 is 6.20. The van der Waals surface area contributed by atoms with Crippen LogP contribution >= 0.6 is 11.6 Å². The molecule has 1 saturated heterocycles. The van der Waals surface area contributed by atoms with Crippen LogP contribution in [-0.2, 0) is 9.59 Å². The smallest absolute Gasteiger partial charge is 0.262 e. The Morgan fingerprint density at radius 3 is 2.84 bits per heavy atom. The molecule has 1 aliphatic rings. The number of hydrogen-bond donors (Lipinski definition) is 1. The number of halogens is 1. The first-order valence-corrected chi connectivity index (χ1v) is 10.4. The lowest BCUT2D eigenvalue weighted by molar-refractivity contribution is -0.119. The zero-order valence-corrected chi connectivity index (χ0v) is 17.8. The van der Waals surface area contributed by atoms with Crippen LogP contribution in [0.1, 0.15) is 19.3 Å². The minimum absolute atomic E-state index is 0.0541. The predicted molar refractivity (Wildman–Crippen MR) is 120 cm³/mol. The summed E-state index contributed by atoms with van der Waals surface area (Å²) in [4.78, 5) is 30.8. The van der Waals surface area contributed by atoms with E-state index in [1.165, 1.54) is 0 Å². The van der Waals surface area contributed by atoms with Gasteiger partial charge in [-0.3, -0.25) is 14.6 Å². The molecule has 1 aliphatic heterocycles. The second kappa shape index (κ2) is 9.22. The maximum Gasteiger partial charge on any atom is 0.262 e. The van der Waals surface area contributed by atoms with Gasteiger partial charge in [-0.25, -0.2) is 0 Å². The Morgan fingerprint density at radius 1 is 1.19 bits per heavy atom. The average Bonchev–Trinajstić information content (AvgIpc) is 2.79. The maximum absolute atomic E-state index is 12.5. The van der Waals surface area contributed by atoms with Crippen molar-refractivity contribution in [1.29, 1.82) is 0 Å². The number of pyridine rings is 1. The van der Waals surface area contributed by atoms with Crippen LogP contribution in [0, 0.1) is 0 Å². The van der Waals surface area contributed by atoms with Gasteiger partial charge in [0.25, 0.3) is 5.91 Å². The first-order valence-electron chi connectivity index (χ1n) is 10.0. The van der Waals surface area contributed by atoms with E-state index in [0.717, 1.165) is 18.2 Å². The number of hydrogen-bond acceptors (Lipinski definition) is 5. The lowest BCUT2D eigenvalue weighted by Gasteiger charge is -2.28. The summed E-state index contributed by atoms with van der Waals surface area (Å²) in [6, 6.07) is 12.3. The van der Waals surface area contributed by atoms with Gasteiger partial charge in [-0.15, -0.1) is 0 Å². The van der Waals surface area contributed by atoms with Crippen molar-refractivity contribution in [2.24, 2.45) is 0 Å². The third kappa shape index (κ3) is 4.56. The first-order chi connectivity index (χ1) is 15.1. The topological polar surface area (TPSA) is 80.8 Å². The van der Waals surface area contributed by atoms with Crippen molar-refractivity contribution < 1.29 is 19.1 Å². The van der Waals surface area contributed by atoms with E-state index in [0.29, 0.717) is 46.4 Å². The molecule has 2 heterocycles. The second-order valence-electron chi connectivity index (χ2n) is 7.17.